The van der Waals surface area contributed by atoms with Gasteiger partial charge in [0.25, 0.3) is 5.69 Å². The van der Waals surface area contributed by atoms with Gasteiger partial charge in [-0.15, -0.1) is 0 Å². The molecular weight excluding hydrogens is 238 g/mol. The summed E-state index contributed by atoms with van der Waals surface area (Å²) in [5, 5.41) is 19.4. The number of hydrogen-bond donors (Lipinski definition) is 0. The highest BCUT2D eigenvalue weighted by molar-refractivity contribution is 5.72. The van der Waals surface area contributed by atoms with Gasteiger partial charge in [-0.05, 0) is 12.5 Å². The molecule has 1 aliphatic heterocycles. The van der Waals surface area contributed by atoms with Crippen LogP contribution in [0.5, 0.6) is 5.75 Å². The van der Waals surface area contributed by atoms with Gasteiger partial charge in [-0.1, -0.05) is 0 Å². The van der Waals surface area contributed by atoms with Gasteiger partial charge in [0, 0.05) is 25.2 Å². The monoisotopic (exact) mass is 247 g/mol. The summed E-state index contributed by atoms with van der Waals surface area (Å²) in [5.74, 6) is 0.133. The number of carbonyl (C=O) groups is 1. The number of amides is 1. The molecule has 0 bridgehead atoms. The van der Waals surface area contributed by atoms with Crippen LogP contribution < -0.4 is 4.74 Å². The number of nitro groups is 1. The normalized spacial score (nSPS) is 13.4. The fraction of sp³-hybridized carbons (Fsp3) is 0.273. The van der Waals surface area contributed by atoms with E-state index in [1.165, 1.54) is 17.0 Å². The lowest BCUT2D eigenvalue weighted by Crippen LogP contribution is -2.43. The van der Waals surface area contributed by atoms with E-state index in [2.05, 4.69) is 0 Å². The minimum Gasteiger partial charge on any atom is -0.410 e. The van der Waals surface area contributed by atoms with Crippen LogP contribution in [0.2, 0.25) is 0 Å². The quantitative estimate of drug-likeness (QED) is 0.585. The Morgan fingerprint density at radius 2 is 2.22 bits per heavy atom. The van der Waals surface area contributed by atoms with Gasteiger partial charge >= 0.3 is 6.09 Å². The van der Waals surface area contributed by atoms with Crippen molar-refractivity contribution in [3.8, 4) is 11.8 Å². The first kappa shape index (κ1) is 11.9. The molecule has 0 atom stereocenters. The van der Waals surface area contributed by atoms with Crippen molar-refractivity contribution in [3.05, 3.63) is 33.9 Å². The molecule has 2 rings (SSSR count). The Hall–Kier alpha value is -2.62. The number of ether oxygens (including phenoxy) is 1. The molecule has 1 aliphatic rings. The highest BCUT2D eigenvalue weighted by Gasteiger charge is 2.23. The zero-order chi connectivity index (χ0) is 13.1. The van der Waals surface area contributed by atoms with E-state index in [9.17, 15) is 14.9 Å². The highest BCUT2D eigenvalue weighted by atomic mass is 16.6. The van der Waals surface area contributed by atoms with Gasteiger partial charge in [0.05, 0.1) is 4.92 Å². The third kappa shape index (κ3) is 2.22. The summed E-state index contributed by atoms with van der Waals surface area (Å²) in [7, 11) is 0. The number of nitriles is 1. The van der Waals surface area contributed by atoms with Gasteiger partial charge in [-0.2, -0.15) is 5.26 Å². The molecule has 1 heterocycles. The van der Waals surface area contributed by atoms with Gasteiger partial charge in [-0.3, -0.25) is 10.1 Å². The summed E-state index contributed by atoms with van der Waals surface area (Å²) in [5.41, 5.74) is -0.435. The van der Waals surface area contributed by atoms with Crippen molar-refractivity contribution in [2.45, 2.75) is 6.42 Å². The van der Waals surface area contributed by atoms with Crippen LogP contribution >= 0.6 is 0 Å². The topological polar surface area (TPSA) is 96.5 Å². The predicted molar refractivity (Wildman–Crippen MR) is 60.0 cm³/mol. The Morgan fingerprint density at radius 3 is 2.72 bits per heavy atom. The van der Waals surface area contributed by atoms with Gasteiger partial charge in [-0.25, -0.2) is 4.79 Å². The first-order chi connectivity index (χ1) is 8.61. The van der Waals surface area contributed by atoms with Crippen molar-refractivity contribution >= 4 is 11.8 Å². The van der Waals surface area contributed by atoms with E-state index < -0.39 is 11.0 Å². The van der Waals surface area contributed by atoms with Crippen LogP contribution in [0.25, 0.3) is 0 Å². The van der Waals surface area contributed by atoms with Gasteiger partial charge in [0.2, 0.25) is 0 Å². The molecule has 0 spiro atoms. The Bertz CT molecular complexity index is 546. The number of benzene rings is 1. The standard InChI is InChI=1S/C11H9N3O4/c12-7-8-6-9(2-3-10(8)14(16)17)18-11(15)13-4-1-5-13/h2-3,6H,1,4-5H2. The summed E-state index contributed by atoms with van der Waals surface area (Å²) in [6.45, 7) is 1.30. The lowest BCUT2D eigenvalue weighted by atomic mass is 10.2. The summed E-state index contributed by atoms with van der Waals surface area (Å²) in [6, 6.07) is 5.34. The molecule has 0 saturated carbocycles. The Morgan fingerprint density at radius 1 is 1.50 bits per heavy atom. The highest BCUT2D eigenvalue weighted by Crippen LogP contribution is 2.24. The average molecular weight is 247 g/mol. The van der Waals surface area contributed by atoms with Crippen molar-refractivity contribution in [1.82, 2.24) is 4.90 Å². The summed E-state index contributed by atoms with van der Waals surface area (Å²) in [6.07, 6.45) is 0.442. The molecule has 7 nitrogen and oxygen atoms in total. The van der Waals surface area contributed by atoms with E-state index in [1.54, 1.807) is 6.07 Å². The van der Waals surface area contributed by atoms with Gasteiger partial charge in [0.1, 0.15) is 17.4 Å². The van der Waals surface area contributed by atoms with E-state index >= 15 is 0 Å². The molecule has 0 radical (unpaired) electrons. The van der Waals surface area contributed by atoms with Gasteiger partial charge in [0.15, 0.2) is 0 Å². The number of hydrogen-bond acceptors (Lipinski definition) is 5. The molecule has 18 heavy (non-hydrogen) atoms. The lowest BCUT2D eigenvalue weighted by Gasteiger charge is -2.29. The molecule has 1 aromatic carbocycles. The SMILES string of the molecule is N#Cc1cc(OC(=O)N2CCC2)ccc1[N+](=O)[O-]. The fourth-order valence-electron chi connectivity index (χ4n) is 1.49. The molecular formula is C11H9N3O4. The zero-order valence-electron chi connectivity index (χ0n) is 9.33. The average Bonchev–Trinajstić information content (AvgIpc) is 2.25. The van der Waals surface area contributed by atoms with Crippen molar-refractivity contribution < 1.29 is 14.5 Å². The van der Waals surface area contributed by atoms with Crippen molar-refractivity contribution in [3.63, 3.8) is 0 Å². The first-order valence-electron chi connectivity index (χ1n) is 5.27. The third-order valence-electron chi connectivity index (χ3n) is 2.60. The maximum absolute atomic E-state index is 11.5. The molecule has 1 fully saturated rings. The second-order valence-corrected chi connectivity index (χ2v) is 3.76. The van der Waals surface area contributed by atoms with E-state index in [0.29, 0.717) is 13.1 Å². The minimum absolute atomic E-state index is 0.131. The van der Waals surface area contributed by atoms with Crippen molar-refractivity contribution in [2.24, 2.45) is 0 Å². The number of rotatable bonds is 2. The molecule has 0 unspecified atom stereocenters. The second kappa shape index (κ2) is 4.71. The summed E-state index contributed by atoms with van der Waals surface area (Å²) >= 11 is 0. The molecule has 92 valence electrons. The van der Waals surface area contributed by atoms with Crippen LogP contribution in [0.1, 0.15) is 12.0 Å². The third-order valence-corrected chi connectivity index (χ3v) is 2.60. The van der Waals surface area contributed by atoms with E-state index in [-0.39, 0.29) is 17.0 Å². The molecule has 7 heteroatoms. The Kier molecular flexibility index (Phi) is 3.10. The minimum atomic E-state index is -0.653. The summed E-state index contributed by atoms with van der Waals surface area (Å²) in [4.78, 5) is 23.0. The predicted octanol–water partition coefficient (Wildman–Crippen LogP) is 1.67. The maximum Gasteiger partial charge on any atom is 0.415 e. The molecule has 0 N–H and O–H groups in total. The number of nitrogens with zero attached hydrogens (tertiary/aromatic N) is 3. The number of carbonyl (C=O) groups excluding carboxylic acids is 1. The Labute approximate surface area is 102 Å². The van der Waals surface area contributed by atoms with Crippen LogP contribution in [0.4, 0.5) is 10.5 Å². The molecule has 1 aromatic rings. The van der Waals surface area contributed by atoms with Gasteiger partial charge < -0.3 is 9.64 Å². The van der Waals surface area contributed by atoms with Crippen LogP contribution in [0.15, 0.2) is 18.2 Å². The molecule has 0 aromatic heterocycles. The number of likely N-dealkylation sites (tertiary alicyclic amines) is 1. The summed E-state index contributed by atoms with van der Waals surface area (Å²) < 4.78 is 5.01. The smallest absolute Gasteiger partial charge is 0.410 e. The van der Waals surface area contributed by atoms with Crippen LogP contribution in [-0.4, -0.2) is 29.0 Å². The van der Waals surface area contributed by atoms with Crippen LogP contribution in [0, 0.1) is 21.4 Å². The van der Waals surface area contributed by atoms with Crippen molar-refractivity contribution in [2.75, 3.05) is 13.1 Å². The number of nitro benzene ring substituents is 1. The second-order valence-electron chi connectivity index (χ2n) is 3.76. The first-order valence-corrected chi connectivity index (χ1v) is 5.27. The van der Waals surface area contributed by atoms with Crippen molar-refractivity contribution in [1.29, 1.82) is 5.26 Å². The zero-order valence-corrected chi connectivity index (χ0v) is 9.33. The van der Waals surface area contributed by atoms with E-state index in [0.717, 1.165) is 12.5 Å². The molecule has 0 aliphatic carbocycles. The molecule has 1 saturated heterocycles. The lowest BCUT2D eigenvalue weighted by molar-refractivity contribution is -0.385. The van der Waals surface area contributed by atoms with E-state index in [1.807, 2.05) is 0 Å². The van der Waals surface area contributed by atoms with Crippen LogP contribution in [0.3, 0.4) is 0 Å². The fourth-order valence-corrected chi connectivity index (χ4v) is 1.49. The Balaban J connectivity index is 2.17. The van der Waals surface area contributed by atoms with Crippen LogP contribution in [-0.2, 0) is 0 Å². The molecule has 1 amide bonds. The maximum atomic E-state index is 11.5. The van der Waals surface area contributed by atoms with E-state index in [4.69, 9.17) is 10.00 Å². The largest absolute Gasteiger partial charge is 0.415 e.